The summed E-state index contributed by atoms with van der Waals surface area (Å²) in [4.78, 5) is 11.3. The Labute approximate surface area is 112 Å². The van der Waals surface area contributed by atoms with Crippen molar-refractivity contribution in [1.29, 1.82) is 0 Å². The van der Waals surface area contributed by atoms with Crippen molar-refractivity contribution in [1.82, 2.24) is 5.32 Å². The molecule has 0 atom stereocenters. The Morgan fingerprint density at radius 3 is 2.28 bits per heavy atom. The number of amides is 1. The minimum atomic E-state index is 0.00974. The first-order valence-electron chi connectivity index (χ1n) is 6.92. The van der Waals surface area contributed by atoms with Gasteiger partial charge in [-0.3, -0.25) is 4.79 Å². The van der Waals surface area contributed by atoms with Crippen molar-refractivity contribution in [3.05, 3.63) is 36.5 Å². The van der Waals surface area contributed by atoms with Crippen molar-refractivity contribution in [3.8, 4) is 0 Å². The molecule has 0 saturated carbocycles. The van der Waals surface area contributed by atoms with Crippen LogP contribution in [0.15, 0.2) is 36.5 Å². The largest absolute Gasteiger partial charge is 0.352 e. The van der Waals surface area contributed by atoms with Gasteiger partial charge in [-0.25, -0.2) is 0 Å². The number of unbranched alkanes of at least 4 members (excludes halogenated alkanes) is 2. The number of hydrogen-bond donors (Lipinski definition) is 1. The van der Waals surface area contributed by atoms with Gasteiger partial charge in [-0.1, -0.05) is 57.6 Å². The zero-order valence-corrected chi connectivity index (χ0v) is 12.0. The van der Waals surface area contributed by atoms with Gasteiger partial charge < -0.3 is 5.32 Å². The lowest BCUT2D eigenvalue weighted by atomic mass is 10.2. The van der Waals surface area contributed by atoms with Crippen LogP contribution in [0.3, 0.4) is 0 Å². The molecule has 0 aliphatic carbocycles. The van der Waals surface area contributed by atoms with Gasteiger partial charge in [0, 0.05) is 6.54 Å². The highest BCUT2D eigenvalue weighted by atomic mass is 16.1. The molecule has 2 heteroatoms. The second-order valence-corrected chi connectivity index (χ2v) is 4.76. The molecule has 18 heavy (non-hydrogen) atoms. The first-order valence-corrected chi connectivity index (χ1v) is 6.92. The zero-order valence-electron chi connectivity index (χ0n) is 12.0. The van der Waals surface area contributed by atoms with Crippen LogP contribution in [0.5, 0.6) is 0 Å². The van der Waals surface area contributed by atoms with Crippen LogP contribution in [0.1, 0.15) is 46.5 Å². The summed E-state index contributed by atoms with van der Waals surface area (Å²) in [7, 11) is 0. The summed E-state index contributed by atoms with van der Waals surface area (Å²) < 4.78 is 0. The van der Waals surface area contributed by atoms with Crippen LogP contribution < -0.4 is 5.32 Å². The van der Waals surface area contributed by atoms with Gasteiger partial charge in [-0.05, 0) is 31.3 Å². The van der Waals surface area contributed by atoms with E-state index >= 15 is 0 Å². The highest BCUT2D eigenvalue weighted by Crippen LogP contribution is 1.95. The van der Waals surface area contributed by atoms with Crippen LogP contribution >= 0.6 is 0 Å². The van der Waals surface area contributed by atoms with Crippen LogP contribution in [0, 0.1) is 5.92 Å². The van der Waals surface area contributed by atoms with Gasteiger partial charge in [-0.15, -0.1) is 0 Å². The second-order valence-electron chi connectivity index (χ2n) is 4.76. The Hall–Kier alpha value is -1.31. The van der Waals surface area contributed by atoms with E-state index in [1.165, 1.54) is 6.42 Å². The third kappa shape index (κ3) is 12.8. The predicted molar refractivity (Wildman–Crippen MR) is 79.4 cm³/mol. The Kier molecular flexibility index (Phi) is 11.3. The van der Waals surface area contributed by atoms with E-state index in [-0.39, 0.29) is 5.91 Å². The topological polar surface area (TPSA) is 29.1 Å². The molecule has 102 valence electrons. The van der Waals surface area contributed by atoms with Crippen molar-refractivity contribution < 1.29 is 4.79 Å². The molecule has 0 fully saturated rings. The van der Waals surface area contributed by atoms with Gasteiger partial charge in [0.15, 0.2) is 0 Å². The van der Waals surface area contributed by atoms with E-state index in [0.717, 1.165) is 25.8 Å². The van der Waals surface area contributed by atoms with Crippen LogP contribution in [0.25, 0.3) is 0 Å². The maximum absolute atomic E-state index is 11.3. The normalized spacial score (nSPS) is 12.2. The Morgan fingerprint density at radius 2 is 1.67 bits per heavy atom. The van der Waals surface area contributed by atoms with Crippen LogP contribution in [-0.4, -0.2) is 12.5 Å². The summed E-state index contributed by atoms with van der Waals surface area (Å²) in [6.45, 7) is 7.08. The van der Waals surface area contributed by atoms with E-state index in [9.17, 15) is 4.79 Å². The lowest BCUT2D eigenvalue weighted by molar-refractivity contribution is -0.116. The van der Waals surface area contributed by atoms with Crippen LogP contribution in [0.2, 0.25) is 0 Å². The molecule has 0 heterocycles. The molecule has 1 N–H and O–H groups in total. The summed E-state index contributed by atoms with van der Waals surface area (Å²) >= 11 is 0. The van der Waals surface area contributed by atoms with Gasteiger partial charge >= 0.3 is 0 Å². The molecular formula is C16H27NO. The van der Waals surface area contributed by atoms with Crippen molar-refractivity contribution in [2.75, 3.05) is 6.54 Å². The molecular weight excluding hydrogens is 222 g/mol. The molecule has 0 aliphatic heterocycles. The minimum absolute atomic E-state index is 0.00974. The van der Waals surface area contributed by atoms with E-state index in [0.29, 0.717) is 5.92 Å². The van der Waals surface area contributed by atoms with E-state index in [2.05, 4.69) is 50.4 Å². The summed E-state index contributed by atoms with van der Waals surface area (Å²) in [5.74, 6) is 0.510. The molecule has 0 unspecified atom stereocenters. The van der Waals surface area contributed by atoms with E-state index < -0.39 is 0 Å². The number of allylic oxidation sites excluding steroid dienone is 5. The van der Waals surface area contributed by atoms with E-state index in [1.54, 1.807) is 6.08 Å². The molecule has 0 rings (SSSR count). The molecule has 2 nitrogen and oxygen atoms in total. The standard InChI is InChI=1S/C16H27NO/c1-4-5-6-7-8-9-10-11-12-13-16(18)17-14-15(2)3/h6-9,12-13,15H,4-5,10-11,14H2,1-3H3,(H,17,18). The Bertz CT molecular complexity index is 287. The van der Waals surface area contributed by atoms with E-state index in [4.69, 9.17) is 0 Å². The van der Waals surface area contributed by atoms with Crippen molar-refractivity contribution in [2.45, 2.75) is 46.5 Å². The fourth-order valence-electron chi connectivity index (χ4n) is 1.26. The average molecular weight is 249 g/mol. The highest BCUT2D eigenvalue weighted by molar-refractivity contribution is 5.87. The van der Waals surface area contributed by atoms with Gasteiger partial charge in [-0.2, -0.15) is 0 Å². The van der Waals surface area contributed by atoms with Gasteiger partial charge in [0.1, 0.15) is 0 Å². The maximum atomic E-state index is 11.3. The summed E-state index contributed by atoms with van der Waals surface area (Å²) in [5, 5.41) is 2.85. The molecule has 1 amide bonds. The second kappa shape index (κ2) is 12.2. The SMILES string of the molecule is CCCC=CC=CCCC=CC(=O)NCC(C)C. The Morgan fingerprint density at radius 1 is 1.06 bits per heavy atom. The lowest BCUT2D eigenvalue weighted by Crippen LogP contribution is -2.25. The molecule has 0 aliphatic rings. The van der Waals surface area contributed by atoms with Crippen molar-refractivity contribution in [3.63, 3.8) is 0 Å². The molecule has 0 saturated heterocycles. The van der Waals surface area contributed by atoms with Crippen LogP contribution in [0.4, 0.5) is 0 Å². The minimum Gasteiger partial charge on any atom is -0.352 e. The number of rotatable bonds is 9. The zero-order chi connectivity index (χ0) is 13.6. The number of hydrogen-bond acceptors (Lipinski definition) is 1. The van der Waals surface area contributed by atoms with Gasteiger partial charge in [0.25, 0.3) is 0 Å². The summed E-state index contributed by atoms with van der Waals surface area (Å²) in [5.41, 5.74) is 0. The van der Waals surface area contributed by atoms with Crippen molar-refractivity contribution >= 4 is 5.91 Å². The fraction of sp³-hybridized carbons (Fsp3) is 0.562. The highest BCUT2D eigenvalue weighted by Gasteiger charge is 1.96. The first-order chi connectivity index (χ1) is 8.66. The average Bonchev–Trinajstić information content (AvgIpc) is 2.34. The monoisotopic (exact) mass is 249 g/mol. The summed E-state index contributed by atoms with van der Waals surface area (Å²) in [6.07, 6.45) is 16.2. The van der Waals surface area contributed by atoms with Crippen LogP contribution in [-0.2, 0) is 4.79 Å². The lowest BCUT2D eigenvalue weighted by Gasteiger charge is -2.03. The molecule has 0 spiro atoms. The Balaban J connectivity index is 3.55. The van der Waals surface area contributed by atoms with Gasteiger partial charge in [0.2, 0.25) is 5.91 Å². The number of nitrogens with one attached hydrogen (secondary N) is 1. The molecule has 0 radical (unpaired) electrons. The molecule has 0 bridgehead atoms. The first kappa shape index (κ1) is 16.7. The smallest absolute Gasteiger partial charge is 0.243 e. The van der Waals surface area contributed by atoms with Crippen molar-refractivity contribution in [2.24, 2.45) is 5.92 Å². The maximum Gasteiger partial charge on any atom is 0.243 e. The summed E-state index contributed by atoms with van der Waals surface area (Å²) in [6, 6.07) is 0. The molecule has 0 aromatic heterocycles. The third-order valence-corrected chi connectivity index (χ3v) is 2.29. The third-order valence-electron chi connectivity index (χ3n) is 2.29. The quantitative estimate of drug-likeness (QED) is 0.373. The fourth-order valence-corrected chi connectivity index (χ4v) is 1.26. The molecule has 0 aromatic carbocycles. The molecule has 0 aromatic rings. The number of carbonyl (C=O) groups is 1. The number of carbonyl (C=O) groups excluding carboxylic acids is 1. The van der Waals surface area contributed by atoms with E-state index in [1.807, 2.05) is 6.08 Å². The predicted octanol–water partition coefficient (Wildman–Crippen LogP) is 4.01. The van der Waals surface area contributed by atoms with Gasteiger partial charge in [0.05, 0.1) is 0 Å².